The average Bonchev–Trinajstić information content (AvgIpc) is 3.30. The average molecular weight is 474 g/mol. The summed E-state index contributed by atoms with van der Waals surface area (Å²) in [6, 6.07) is 16.9. The highest BCUT2D eigenvalue weighted by molar-refractivity contribution is 6.03. The summed E-state index contributed by atoms with van der Waals surface area (Å²) in [6.07, 6.45) is 9.43. The summed E-state index contributed by atoms with van der Waals surface area (Å²) < 4.78 is 2.03. The Balaban J connectivity index is 1.36. The maximum absolute atomic E-state index is 12.7. The lowest BCUT2D eigenvalue weighted by Gasteiger charge is -2.24. The minimum absolute atomic E-state index is 0.0336. The lowest BCUT2D eigenvalue weighted by molar-refractivity contribution is 0.0751. The second kappa shape index (κ2) is 8.72. The number of carbonyl (C=O) groups excluding carboxylic acids is 1. The molecule has 5 heterocycles. The Morgan fingerprint density at radius 3 is 2.17 bits per heavy atom. The van der Waals surface area contributed by atoms with Crippen LogP contribution in [-0.2, 0) is 6.54 Å². The fraction of sp³-hybridized carbons (Fsp3) is 0.200. The van der Waals surface area contributed by atoms with Crippen molar-refractivity contribution in [3.8, 4) is 33.4 Å². The van der Waals surface area contributed by atoms with Gasteiger partial charge >= 0.3 is 0 Å². The SMILES string of the molecule is CC(C)c1cncc(-c2ccc(-c3cncc(-c4ccnc5c4cc4n5CCN(C)C4=O)c3)cc2)c1. The standard InChI is InChI=1S/C30H27N5O/c1-19(2)22-12-23(16-31-15-22)20-4-6-21(7-5-20)24-13-25(18-32-17-24)26-8-9-33-29-27(26)14-28-30(36)34(3)10-11-35(28)29/h4-9,12-19H,10-11H2,1-3H3. The van der Waals surface area contributed by atoms with E-state index in [-0.39, 0.29) is 5.91 Å². The summed E-state index contributed by atoms with van der Waals surface area (Å²) in [5, 5.41) is 0.975. The highest BCUT2D eigenvalue weighted by Crippen LogP contribution is 2.33. The highest BCUT2D eigenvalue weighted by Gasteiger charge is 2.25. The summed E-state index contributed by atoms with van der Waals surface area (Å²) in [6.45, 7) is 5.80. The second-order valence-electron chi connectivity index (χ2n) is 9.71. The van der Waals surface area contributed by atoms with E-state index in [1.54, 1.807) is 4.90 Å². The summed E-state index contributed by atoms with van der Waals surface area (Å²) >= 11 is 0. The molecular weight excluding hydrogens is 446 g/mol. The molecule has 0 bridgehead atoms. The van der Waals surface area contributed by atoms with Crippen molar-refractivity contribution in [1.82, 2.24) is 24.4 Å². The van der Waals surface area contributed by atoms with Crippen LogP contribution in [-0.4, -0.2) is 43.9 Å². The molecule has 1 amide bonds. The molecule has 6 heteroatoms. The Bertz CT molecular complexity index is 1600. The van der Waals surface area contributed by atoms with Gasteiger partial charge in [0.2, 0.25) is 0 Å². The first kappa shape index (κ1) is 22.2. The first-order valence-electron chi connectivity index (χ1n) is 12.2. The zero-order valence-electron chi connectivity index (χ0n) is 20.6. The monoisotopic (exact) mass is 473 g/mol. The molecule has 5 aromatic rings. The van der Waals surface area contributed by atoms with Crippen LogP contribution >= 0.6 is 0 Å². The molecule has 0 unspecified atom stereocenters. The van der Waals surface area contributed by atoms with Gasteiger partial charge in [0.05, 0.1) is 0 Å². The minimum Gasteiger partial charge on any atom is -0.339 e. The van der Waals surface area contributed by atoms with Crippen LogP contribution < -0.4 is 0 Å². The van der Waals surface area contributed by atoms with E-state index in [0.717, 1.165) is 51.0 Å². The number of fused-ring (bicyclic) bond motifs is 3. The van der Waals surface area contributed by atoms with Gasteiger partial charge in [0.1, 0.15) is 11.3 Å². The number of carbonyl (C=O) groups is 1. The Morgan fingerprint density at radius 2 is 1.44 bits per heavy atom. The molecule has 0 aliphatic carbocycles. The van der Waals surface area contributed by atoms with E-state index in [0.29, 0.717) is 18.2 Å². The lowest BCUT2D eigenvalue weighted by atomic mass is 9.97. The van der Waals surface area contributed by atoms with Gasteiger partial charge in [-0.05, 0) is 52.4 Å². The van der Waals surface area contributed by atoms with Crippen molar-refractivity contribution < 1.29 is 4.79 Å². The normalized spacial score (nSPS) is 13.4. The Morgan fingerprint density at radius 1 is 0.778 bits per heavy atom. The Hall–Kier alpha value is -4.32. The molecule has 0 spiro atoms. The van der Waals surface area contributed by atoms with E-state index >= 15 is 0 Å². The fourth-order valence-electron chi connectivity index (χ4n) is 4.88. The summed E-state index contributed by atoms with van der Waals surface area (Å²) in [5.74, 6) is 0.474. The largest absolute Gasteiger partial charge is 0.339 e. The summed E-state index contributed by atoms with van der Waals surface area (Å²) in [4.78, 5) is 28.1. The van der Waals surface area contributed by atoms with Crippen LogP contribution in [0.3, 0.4) is 0 Å². The van der Waals surface area contributed by atoms with Crippen molar-refractivity contribution in [3.63, 3.8) is 0 Å². The van der Waals surface area contributed by atoms with Crippen LogP contribution in [0.1, 0.15) is 35.8 Å². The maximum atomic E-state index is 12.7. The molecule has 0 atom stereocenters. The fourth-order valence-corrected chi connectivity index (χ4v) is 4.88. The molecule has 6 rings (SSSR count). The molecule has 0 N–H and O–H groups in total. The molecule has 6 nitrogen and oxygen atoms in total. The van der Waals surface area contributed by atoms with Gasteiger partial charge in [-0.3, -0.25) is 14.8 Å². The van der Waals surface area contributed by atoms with Gasteiger partial charge in [-0.15, -0.1) is 0 Å². The molecule has 0 saturated heterocycles. The maximum Gasteiger partial charge on any atom is 0.270 e. The van der Waals surface area contributed by atoms with Crippen LogP contribution in [0.2, 0.25) is 0 Å². The Labute approximate surface area is 210 Å². The van der Waals surface area contributed by atoms with E-state index < -0.39 is 0 Å². The van der Waals surface area contributed by atoms with E-state index in [9.17, 15) is 4.79 Å². The van der Waals surface area contributed by atoms with Crippen molar-refractivity contribution in [3.05, 3.63) is 90.8 Å². The first-order chi connectivity index (χ1) is 17.5. The predicted molar refractivity (Wildman–Crippen MR) is 143 cm³/mol. The first-order valence-corrected chi connectivity index (χ1v) is 12.2. The Kier molecular flexibility index (Phi) is 5.37. The third-order valence-electron chi connectivity index (χ3n) is 7.05. The molecular formula is C30H27N5O. The third kappa shape index (κ3) is 3.75. The predicted octanol–water partition coefficient (Wildman–Crippen LogP) is 6.04. The molecule has 36 heavy (non-hydrogen) atoms. The zero-order chi connectivity index (χ0) is 24.8. The van der Waals surface area contributed by atoms with E-state index in [2.05, 4.69) is 65.2 Å². The molecule has 1 aliphatic heterocycles. The van der Waals surface area contributed by atoms with Crippen LogP contribution in [0.5, 0.6) is 0 Å². The topological polar surface area (TPSA) is 63.9 Å². The number of hydrogen-bond donors (Lipinski definition) is 0. The number of aromatic nitrogens is 4. The lowest BCUT2D eigenvalue weighted by Crippen LogP contribution is -2.36. The molecule has 0 radical (unpaired) electrons. The molecule has 178 valence electrons. The zero-order valence-corrected chi connectivity index (χ0v) is 20.6. The van der Waals surface area contributed by atoms with Gasteiger partial charge in [-0.25, -0.2) is 4.98 Å². The third-order valence-corrected chi connectivity index (χ3v) is 7.05. The van der Waals surface area contributed by atoms with Crippen LogP contribution in [0.25, 0.3) is 44.4 Å². The summed E-state index contributed by atoms with van der Waals surface area (Å²) in [5.41, 5.74) is 9.20. The molecule has 1 aliphatic rings. The molecule has 4 aromatic heterocycles. The molecule has 1 aromatic carbocycles. The number of hydrogen-bond acceptors (Lipinski definition) is 4. The van der Waals surface area contributed by atoms with Crippen molar-refractivity contribution >= 4 is 16.9 Å². The highest BCUT2D eigenvalue weighted by atomic mass is 16.2. The van der Waals surface area contributed by atoms with E-state index in [1.165, 1.54) is 5.56 Å². The van der Waals surface area contributed by atoms with Crippen LogP contribution in [0.4, 0.5) is 0 Å². The number of likely N-dealkylation sites (N-methyl/N-ethyl adjacent to an activating group) is 1. The van der Waals surface area contributed by atoms with Crippen molar-refractivity contribution in [2.75, 3.05) is 13.6 Å². The minimum atomic E-state index is 0.0336. The van der Waals surface area contributed by atoms with Gasteiger partial charge < -0.3 is 9.47 Å². The number of benzene rings is 1. The van der Waals surface area contributed by atoms with Gasteiger partial charge in [0, 0.05) is 73.2 Å². The van der Waals surface area contributed by atoms with Gasteiger partial charge in [-0.2, -0.15) is 0 Å². The number of nitrogens with zero attached hydrogens (tertiary/aromatic N) is 5. The van der Waals surface area contributed by atoms with Gasteiger partial charge in [-0.1, -0.05) is 38.1 Å². The van der Waals surface area contributed by atoms with Crippen molar-refractivity contribution in [1.29, 1.82) is 0 Å². The van der Waals surface area contributed by atoms with E-state index in [4.69, 9.17) is 0 Å². The van der Waals surface area contributed by atoms with Crippen LogP contribution in [0.15, 0.2) is 79.5 Å². The van der Waals surface area contributed by atoms with Crippen LogP contribution in [0, 0.1) is 0 Å². The van der Waals surface area contributed by atoms with Gasteiger partial charge in [0.15, 0.2) is 0 Å². The number of rotatable bonds is 4. The smallest absolute Gasteiger partial charge is 0.270 e. The van der Waals surface area contributed by atoms with E-state index in [1.807, 2.05) is 54.7 Å². The van der Waals surface area contributed by atoms with Crippen molar-refractivity contribution in [2.45, 2.75) is 26.3 Å². The van der Waals surface area contributed by atoms with Gasteiger partial charge in [0.25, 0.3) is 5.91 Å². The quantitative estimate of drug-likeness (QED) is 0.319. The molecule has 0 saturated carbocycles. The number of pyridine rings is 3. The molecule has 0 fully saturated rings. The number of amides is 1. The second-order valence-corrected chi connectivity index (χ2v) is 9.71. The van der Waals surface area contributed by atoms with Crippen molar-refractivity contribution in [2.24, 2.45) is 0 Å². The summed E-state index contributed by atoms with van der Waals surface area (Å²) in [7, 11) is 1.84.